The van der Waals surface area contributed by atoms with Crippen LogP contribution in [-0.2, 0) is 20.0 Å². The van der Waals surface area contributed by atoms with Crippen LogP contribution < -0.4 is 10.6 Å². The zero-order valence-electron chi connectivity index (χ0n) is 17.3. The second kappa shape index (κ2) is 9.15. The van der Waals surface area contributed by atoms with E-state index in [1.807, 2.05) is 35.9 Å². The molecule has 0 aliphatic carbocycles. The number of fused-ring (bicyclic) bond motifs is 1. The van der Waals surface area contributed by atoms with Gasteiger partial charge in [0.1, 0.15) is 6.33 Å². The van der Waals surface area contributed by atoms with E-state index in [1.165, 1.54) is 4.88 Å². The van der Waals surface area contributed by atoms with Gasteiger partial charge in [-0.05, 0) is 31.2 Å². The number of carbonyl (C=O) groups is 1. The zero-order chi connectivity index (χ0) is 21.1. The topological polar surface area (TPSA) is 88.0 Å². The van der Waals surface area contributed by atoms with Crippen molar-refractivity contribution in [2.45, 2.75) is 37.2 Å². The molecular formula is C20H25N7OS2. The Morgan fingerprint density at radius 2 is 2.23 bits per heavy atom. The number of nitrogens with one attached hydrogen (secondary N) is 2. The quantitative estimate of drug-likeness (QED) is 0.557. The normalized spacial score (nSPS) is 14.9. The average molecular weight is 444 g/mol. The number of hydrogen-bond acceptors (Lipinski definition) is 7. The molecule has 2 N–H and O–H groups in total. The molecule has 10 heteroatoms. The maximum atomic E-state index is 12.5. The molecule has 0 radical (unpaired) electrons. The monoisotopic (exact) mass is 443 g/mol. The number of aromatic nitrogens is 4. The highest BCUT2D eigenvalue weighted by molar-refractivity contribution is 7.99. The molecule has 1 aliphatic rings. The van der Waals surface area contributed by atoms with Crippen LogP contribution in [0, 0.1) is 0 Å². The lowest BCUT2D eigenvalue weighted by atomic mass is 10.1. The van der Waals surface area contributed by atoms with Gasteiger partial charge in [-0.3, -0.25) is 10.2 Å². The summed E-state index contributed by atoms with van der Waals surface area (Å²) in [6, 6.07) is 7.58. The number of urea groups is 1. The number of anilines is 2. The molecule has 158 valence electrons. The van der Waals surface area contributed by atoms with Crippen LogP contribution in [0.3, 0.4) is 0 Å². The van der Waals surface area contributed by atoms with Crippen LogP contribution >= 0.6 is 23.1 Å². The number of nitrogens with zero attached hydrogens (tertiary/aromatic N) is 5. The minimum absolute atomic E-state index is 0.171. The highest BCUT2D eigenvalue weighted by Crippen LogP contribution is 2.34. The summed E-state index contributed by atoms with van der Waals surface area (Å²) in [6.07, 6.45) is 2.62. The number of hydrogen-bond donors (Lipinski definition) is 2. The van der Waals surface area contributed by atoms with Crippen LogP contribution in [0.25, 0.3) is 0 Å². The molecule has 1 aromatic carbocycles. The van der Waals surface area contributed by atoms with E-state index in [0.29, 0.717) is 5.13 Å². The molecular weight excluding hydrogens is 418 g/mol. The van der Waals surface area contributed by atoms with Crippen molar-refractivity contribution in [3.05, 3.63) is 46.7 Å². The first-order valence-electron chi connectivity index (χ1n) is 9.91. The first kappa shape index (κ1) is 20.8. The van der Waals surface area contributed by atoms with Gasteiger partial charge in [0.25, 0.3) is 0 Å². The number of likely N-dealkylation sites (N-methyl/N-ethyl adjacent to an activating group) is 1. The summed E-state index contributed by atoms with van der Waals surface area (Å²) in [5.74, 6) is 0. The van der Waals surface area contributed by atoms with Gasteiger partial charge in [0.2, 0.25) is 0 Å². The molecule has 0 spiro atoms. The maximum Gasteiger partial charge on any atom is 0.325 e. The number of carbonyl (C=O) groups excluding carboxylic acids is 1. The number of thioether (sulfide) groups is 1. The average Bonchev–Trinajstić information content (AvgIpc) is 3.32. The Labute approximate surface area is 184 Å². The molecule has 2 amide bonds. The molecule has 0 saturated carbocycles. The summed E-state index contributed by atoms with van der Waals surface area (Å²) >= 11 is 3.19. The summed E-state index contributed by atoms with van der Waals surface area (Å²) in [5, 5.41) is 15.5. The number of rotatable bonds is 6. The fourth-order valence-electron chi connectivity index (χ4n) is 3.31. The molecule has 0 saturated heterocycles. The minimum Gasteiger partial charge on any atom is -0.312 e. The van der Waals surface area contributed by atoms with Crippen molar-refractivity contribution in [1.29, 1.82) is 0 Å². The fourth-order valence-corrected chi connectivity index (χ4v) is 5.26. The van der Waals surface area contributed by atoms with E-state index in [4.69, 9.17) is 0 Å². The van der Waals surface area contributed by atoms with Crippen molar-refractivity contribution in [1.82, 2.24) is 24.6 Å². The molecule has 1 aliphatic heterocycles. The van der Waals surface area contributed by atoms with Gasteiger partial charge in [-0.25, -0.2) is 9.78 Å². The lowest BCUT2D eigenvalue weighted by Crippen LogP contribution is -2.29. The Morgan fingerprint density at radius 1 is 1.37 bits per heavy atom. The van der Waals surface area contributed by atoms with E-state index >= 15 is 0 Å². The third kappa shape index (κ3) is 4.82. The first-order valence-corrected chi connectivity index (χ1v) is 11.6. The summed E-state index contributed by atoms with van der Waals surface area (Å²) < 4.78 is 1.89. The van der Waals surface area contributed by atoms with Gasteiger partial charge < -0.3 is 9.88 Å². The molecule has 1 unspecified atom stereocenters. The van der Waals surface area contributed by atoms with Gasteiger partial charge >= 0.3 is 6.03 Å². The molecule has 8 nitrogen and oxygen atoms in total. The summed E-state index contributed by atoms with van der Waals surface area (Å²) in [6.45, 7) is 7.24. The fraction of sp³-hybridized carbons (Fsp3) is 0.400. The molecule has 0 bridgehead atoms. The second-order valence-corrected chi connectivity index (χ2v) is 9.59. The van der Waals surface area contributed by atoms with E-state index in [9.17, 15) is 4.79 Å². The summed E-state index contributed by atoms with van der Waals surface area (Å²) in [4.78, 5) is 20.7. The smallest absolute Gasteiger partial charge is 0.312 e. The number of amides is 2. The predicted octanol–water partition coefficient (Wildman–Crippen LogP) is 4.15. The SMILES string of the molecule is CCN1CCc2nc(NC(=O)Nc3cccc(C(C)Sc4nncn4C)c3)sc2C1. The van der Waals surface area contributed by atoms with Crippen molar-refractivity contribution in [3.8, 4) is 0 Å². The first-order chi connectivity index (χ1) is 14.5. The third-order valence-corrected chi connectivity index (χ3v) is 7.25. The molecule has 3 heterocycles. The van der Waals surface area contributed by atoms with Crippen molar-refractivity contribution in [3.63, 3.8) is 0 Å². The van der Waals surface area contributed by atoms with Crippen molar-refractivity contribution in [2.24, 2.45) is 7.05 Å². The summed E-state index contributed by atoms with van der Waals surface area (Å²) in [5.41, 5.74) is 2.95. The van der Waals surface area contributed by atoms with Gasteiger partial charge in [-0.2, -0.15) is 0 Å². The van der Waals surface area contributed by atoms with Crippen molar-refractivity contribution >= 4 is 39.9 Å². The van der Waals surface area contributed by atoms with Crippen molar-refractivity contribution < 1.29 is 4.79 Å². The van der Waals surface area contributed by atoms with Crippen LogP contribution in [0.15, 0.2) is 35.7 Å². The number of aryl methyl sites for hydroxylation is 1. The Balaban J connectivity index is 1.37. The van der Waals surface area contributed by atoms with Gasteiger partial charge in [0.05, 0.1) is 5.69 Å². The Kier molecular flexibility index (Phi) is 6.35. The number of benzene rings is 1. The molecule has 30 heavy (non-hydrogen) atoms. The van der Waals surface area contributed by atoms with E-state index < -0.39 is 0 Å². The third-order valence-electron chi connectivity index (χ3n) is 5.04. The zero-order valence-corrected chi connectivity index (χ0v) is 18.9. The molecule has 2 aromatic heterocycles. The van der Waals surface area contributed by atoms with Crippen LogP contribution in [0.1, 0.15) is 35.2 Å². The second-order valence-electron chi connectivity index (χ2n) is 7.20. The standard InChI is InChI=1S/C20H25N7OS2/c1-4-27-9-8-16-17(11-27)30-19(23-16)24-18(28)22-15-7-5-6-14(10-15)13(2)29-20-25-21-12-26(20)3/h5-7,10,12-13H,4,8-9,11H2,1-3H3,(H2,22,23,24,28). The molecule has 0 fully saturated rings. The molecule has 4 rings (SSSR count). The largest absolute Gasteiger partial charge is 0.325 e. The van der Waals surface area contributed by atoms with E-state index in [2.05, 4.69) is 44.6 Å². The summed E-state index contributed by atoms with van der Waals surface area (Å²) in [7, 11) is 1.92. The van der Waals surface area contributed by atoms with Gasteiger partial charge in [-0.15, -0.1) is 21.5 Å². The van der Waals surface area contributed by atoms with Gasteiger partial charge in [0, 0.05) is 42.4 Å². The van der Waals surface area contributed by atoms with Crippen molar-refractivity contribution in [2.75, 3.05) is 23.7 Å². The highest BCUT2D eigenvalue weighted by atomic mass is 32.2. The maximum absolute atomic E-state index is 12.5. The highest BCUT2D eigenvalue weighted by Gasteiger charge is 2.20. The predicted molar refractivity (Wildman–Crippen MR) is 121 cm³/mol. The van der Waals surface area contributed by atoms with Gasteiger partial charge in [-0.1, -0.05) is 30.8 Å². The van der Waals surface area contributed by atoms with Crippen LogP contribution in [0.5, 0.6) is 0 Å². The Bertz CT molecular complexity index is 1030. The van der Waals surface area contributed by atoms with Crippen LogP contribution in [0.4, 0.5) is 15.6 Å². The Hall–Kier alpha value is -2.43. The lowest BCUT2D eigenvalue weighted by molar-refractivity contribution is 0.262. The van der Waals surface area contributed by atoms with Crippen LogP contribution in [-0.4, -0.2) is 43.8 Å². The van der Waals surface area contributed by atoms with E-state index in [1.54, 1.807) is 29.4 Å². The van der Waals surface area contributed by atoms with Gasteiger partial charge in [0.15, 0.2) is 10.3 Å². The molecule has 1 atom stereocenters. The lowest BCUT2D eigenvalue weighted by Gasteiger charge is -2.23. The Morgan fingerprint density at radius 3 is 3.00 bits per heavy atom. The van der Waals surface area contributed by atoms with E-state index in [-0.39, 0.29) is 11.3 Å². The molecule has 3 aromatic rings. The number of thiazole rings is 1. The van der Waals surface area contributed by atoms with Crippen LogP contribution in [0.2, 0.25) is 0 Å². The van der Waals surface area contributed by atoms with E-state index in [0.717, 1.165) is 48.2 Å². The minimum atomic E-state index is -0.279.